The standard InChI is InChI=1S/C23H42O6.3C3H6O/c1-23(14-27-20-11-5-2-8-17(20)24,15-28-21-12-6-3-9-18(21)25)16-29-22-13-7-4-10-19(22)26;3*1-3-2-4-3/h17-22,24-26H,2-16H2,1H3;3*3H,2H2,1H3. The predicted molar refractivity (Wildman–Crippen MR) is 157 cm³/mol. The Bertz CT molecular complexity index is 594. The summed E-state index contributed by atoms with van der Waals surface area (Å²) in [4.78, 5) is 0. The van der Waals surface area contributed by atoms with E-state index in [0.717, 1.165) is 96.9 Å². The van der Waals surface area contributed by atoms with Gasteiger partial charge in [0.25, 0.3) is 0 Å². The van der Waals surface area contributed by atoms with Gasteiger partial charge in [-0.2, -0.15) is 0 Å². The molecule has 3 aliphatic carbocycles. The highest BCUT2D eigenvalue weighted by Crippen LogP contribution is 2.30. The Morgan fingerprint density at radius 2 is 0.732 bits per heavy atom. The number of epoxide rings is 3. The highest BCUT2D eigenvalue weighted by atomic mass is 16.6. The molecule has 3 saturated carbocycles. The lowest BCUT2D eigenvalue weighted by molar-refractivity contribution is -0.154. The number of hydrogen-bond acceptors (Lipinski definition) is 9. The molecule has 9 atom stereocenters. The summed E-state index contributed by atoms with van der Waals surface area (Å²) in [6, 6.07) is 0. The largest absolute Gasteiger partial charge is 0.390 e. The van der Waals surface area contributed by atoms with Crippen molar-refractivity contribution < 1.29 is 43.7 Å². The van der Waals surface area contributed by atoms with Gasteiger partial charge in [-0.15, -0.1) is 0 Å². The second kappa shape index (κ2) is 18.4. The first kappa shape index (κ1) is 35.1. The van der Waals surface area contributed by atoms with Gasteiger partial charge in [-0.25, -0.2) is 0 Å². The first-order valence-corrected chi connectivity index (χ1v) is 16.4. The van der Waals surface area contributed by atoms with Gasteiger partial charge in [0.1, 0.15) is 0 Å². The van der Waals surface area contributed by atoms with Gasteiger partial charge in [0.15, 0.2) is 0 Å². The van der Waals surface area contributed by atoms with Crippen LogP contribution in [0.25, 0.3) is 0 Å². The Kier molecular flexibility index (Phi) is 15.8. The van der Waals surface area contributed by atoms with Crippen molar-refractivity contribution in [1.29, 1.82) is 0 Å². The molecule has 3 heterocycles. The summed E-state index contributed by atoms with van der Waals surface area (Å²) in [5, 5.41) is 30.7. The van der Waals surface area contributed by atoms with Crippen molar-refractivity contribution in [2.75, 3.05) is 39.6 Å². The predicted octanol–water partition coefficient (Wildman–Crippen LogP) is 4.17. The molecular weight excluding hydrogens is 528 g/mol. The fourth-order valence-electron chi connectivity index (χ4n) is 5.15. The molecule has 3 aliphatic heterocycles. The lowest BCUT2D eigenvalue weighted by Gasteiger charge is -2.38. The summed E-state index contributed by atoms with van der Waals surface area (Å²) in [6.45, 7) is 12.5. The van der Waals surface area contributed by atoms with Gasteiger partial charge in [0, 0.05) is 5.41 Å². The molecule has 9 nitrogen and oxygen atoms in total. The van der Waals surface area contributed by atoms with Crippen LogP contribution in [-0.4, -0.2) is 110 Å². The van der Waals surface area contributed by atoms with Crippen LogP contribution in [0.1, 0.15) is 105 Å². The maximum absolute atomic E-state index is 10.2. The number of hydrogen-bond donors (Lipinski definition) is 3. The van der Waals surface area contributed by atoms with Crippen molar-refractivity contribution in [3.8, 4) is 0 Å². The van der Waals surface area contributed by atoms with Crippen molar-refractivity contribution in [2.45, 2.75) is 160 Å². The number of aliphatic hydroxyl groups is 3. The first-order valence-electron chi connectivity index (χ1n) is 16.4. The van der Waals surface area contributed by atoms with Gasteiger partial charge < -0.3 is 43.7 Å². The Labute approximate surface area is 248 Å². The van der Waals surface area contributed by atoms with Crippen molar-refractivity contribution in [3.05, 3.63) is 0 Å². The van der Waals surface area contributed by atoms with Gasteiger partial charge in [0.2, 0.25) is 0 Å². The number of aliphatic hydroxyl groups excluding tert-OH is 3. The zero-order chi connectivity index (χ0) is 29.7. The molecule has 0 aromatic heterocycles. The molecule has 0 bridgehead atoms. The van der Waals surface area contributed by atoms with E-state index in [1.807, 2.05) is 0 Å². The van der Waals surface area contributed by atoms with Crippen LogP contribution in [0.5, 0.6) is 0 Å². The highest BCUT2D eigenvalue weighted by Gasteiger charge is 2.35. The Hall–Kier alpha value is -0.360. The molecule has 9 heteroatoms. The molecule has 0 spiro atoms. The van der Waals surface area contributed by atoms with Crippen LogP contribution in [-0.2, 0) is 28.4 Å². The van der Waals surface area contributed by atoms with Crippen LogP contribution in [0.2, 0.25) is 0 Å². The normalized spacial score (nSPS) is 38.9. The fraction of sp³-hybridized carbons (Fsp3) is 1.00. The zero-order valence-corrected chi connectivity index (χ0v) is 26.2. The van der Waals surface area contributed by atoms with Crippen LogP contribution >= 0.6 is 0 Å². The molecule has 0 aromatic rings. The first-order chi connectivity index (χ1) is 19.6. The molecule has 41 heavy (non-hydrogen) atoms. The van der Waals surface area contributed by atoms with Crippen molar-refractivity contribution in [2.24, 2.45) is 5.41 Å². The monoisotopic (exact) mass is 588 g/mol. The second-order valence-electron chi connectivity index (χ2n) is 13.3. The average molecular weight is 589 g/mol. The van der Waals surface area contributed by atoms with E-state index in [9.17, 15) is 15.3 Å². The summed E-state index contributed by atoms with van der Waals surface area (Å²) < 4.78 is 32.6. The van der Waals surface area contributed by atoms with Gasteiger partial charge >= 0.3 is 0 Å². The molecule has 6 aliphatic rings. The van der Waals surface area contributed by atoms with E-state index in [1.165, 1.54) is 0 Å². The third-order valence-corrected chi connectivity index (χ3v) is 8.44. The quantitative estimate of drug-likeness (QED) is 0.340. The fourth-order valence-corrected chi connectivity index (χ4v) is 5.15. The van der Waals surface area contributed by atoms with Crippen molar-refractivity contribution in [1.82, 2.24) is 0 Å². The van der Waals surface area contributed by atoms with Gasteiger partial charge in [-0.3, -0.25) is 0 Å². The molecule has 9 unspecified atom stereocenters. The lowest BCUT2D eigenvalue weighted by Crippen LogP contribution is -2.44. The third kappa shape index (κ3) is 15.8. The molecule has 6 fully saturated rings. The zero-order valence-electron chi connectivity index (χ0n) is 26.2. The smallest absolute Gasteiger partial charge is 0.0834 e. The van der Waals surface area contributed by atoms with E-state index in [0.29, 0.717) is 38.1 Å². The summed E-state index contributed by atoms with van der Waals surface area (Å²) in [5.41, 5.74) is -0.383. The Balaban J connectivity index is 0.000000313. The van der Waals surface area contributed by atoms with Crippen LogP contribution in [0.3, 0.4) is 0 Å². The molecule has 3 N–H and O–H groups in total. The Morgan fingerprint density at radius 3 is 0.927 bits per heavy atom. The SMILES string of the molecule is CC(COC1CCCCC1O)(COC1CCCCC1O)COC1CCCCC1O.CC1CO1.CC1CO1.CC1CO1. The molecule has 242 valence electrons. The van der Waals surface area contributed by atoms with Gasteiger partial charge in [-0.05, 0) is 59.3 Å². The van der Waals surface area contributed by atoms with Crippen LogP contribution in [0.4, 0.5) is 0 Å². The minimum absolute atomic E-state index is 0.122. The minimum Gasteiger partial charge on any atom is -0.390 e. The van der Waals surface area contributed by atoms with E-state index < -0.39 is 18.3 Å². The average Bonchev–Trinajstić information content (AvgIpc) is 3.86. The van der Waals surface area contributed by atoms with E-state index in [2.05, 4.69) is 27.7 Å². The van der Waals surface area contributed by atoms with E-state index in [4.69, 9.17) is 28.4 Å². The molecule has 0 amide bonds. The maximum atomic E-state index is 10.2. The van der Waals surface area contributed by atoms with Crippen molar-refractivity contribution >= 4 is 0 Å². The molecular formula is C32H60O9. The van der Waals surface area contributed by atoms with E-state index in [-0.39, 0.29) is 23.7 Å². The molecule has 0 aromatic carbocycles. The summed E-state index contributed by atoms with van der Waals surface area (Å²) >= 11 is 0. The van der Waals surface area contributed by atoms with E-state index >= 15 is 0 Å². The van der Waals surface area contributed by atoms with Crippen LogP contribution < -0.4 is 0 Å². The molecule has 3 saturated heterocycles. The maximum Gasteiger partial charge on any atom is 0.0834 e. The summed E-state index contributed by atoms with van der Waals surface area (Å²) in [5.74, 6) is 0. The lowest BCUT2D eigenvalue weighted by atomic mass is 9.90. The van der Waals surface area contributed by atoms with E-state index in [1.54, 1.807) is 0 Å². The Morgan fingerprint density at radius 1 is 0.512 bits per heavy atom. The number of ether oxygens (including phenoxy) is 6. The molecule has 0 radical (unpaired) electrons. The van der Waals surface area contributed by atoms with Crippen LogP contribution in [0.15, 0.2) is 0 Å². The molecule has 6 rings (SSSR count). The highest BCUT2D eigenvalue weighted by molar-refractivity contribution is 4.83. The topological polar surface area (TPSA) is 126 Å². The summed E-state index contributed by atoms with van der Waals surface area (Å²) in [6.07, 6.45) is 11.7. The second-order valence-corrected chi connectivity index (χ2v) is 13.3. The third-order valence-electron chi connectivity index (χ3n) is 8.44. The minimum atomic E-state index is -0.393. The number of rotatable bonds is 9. The van der Waals surface area contributed by atoms with Crippen molar-refractivity contribution in [3.63, 3.8) is 0 Å². The van der Waals surface area contributed by atoms with Gasteiger partial charge in [0.05, 0.1) is 94.6 Å². The van der Waals surface area contributed by atoms with Gasteiger partial charge in [-0.1, -0.05) is 45.4 Å². The summed E-state index contributed by atoms with van der Waals surface area (Å²) in [7, 11) is 0. The van der Waals surface area contributed by atoms with Crippen LogP contribution in [0, 0.1) is 5.41 Å².